The minimum Gasteiger partial charge on any atom is -0.345 e. The fourth-order valence-electron chi connectivity index (χ4n) is 4.07. The van der Waals surface area contributed by atoms with Crippen molar-refractivity contribution in [3.63, 3.8) is 0 Å². The van der Waals surface area contributed by atoms with Crippen molar-refractivity contribution in [1.82, 2.24) is 24.1 Å². The zero-order chi connectivity index (χ0) is 20.1. The van der Waals surface area contributed by atoms with E-state index in [9.17, 15) is 18.0 Å². The number of amides is 2. The zero-order valence-corrected chi connectivity index (χ0v) is 16.7. The summed E-state index contributed by atoms with van der Waals surface area (Å²) in [6.07, 6.45) is 5.01. The van der Waals surface area contributed by atoms with E-state index in [-0.39, 0.29) is 24.9 Å². The largest absolute Gasteiger partial charge is 0.345 e. The Morgan fingerprint density at radius 3 is 2.64 bits per heavy atom. The Labute approximate surface area is 163 Å². The minimum atomic E-state index is -3.26. The van der Waals surface area contributed by atoms with Crippen molar-refractivity contribution in [2.45, 2.75) is 25.9 Å². The second-order valence-electron chi connectivity index (χ2n) is 7.24. The van der Waals surface area contributed by atoms with Crippen LogP contribution in [0.25, 0.3) is 11.0 Å². The van der Waals surface area contributed by atoms with Crippen LogP contribution in [0, 0.1) is 0 Å². The van der Waals surface area contributed by atoms with Gasteiger partial charge in [0.2, 0.25) is 15.9 Å². The van der Waals surface area contributed by atoms with Gasteiger partial charge in [-0.1, -0.05) is 6.92 Å². The first kappa shape index (κ1) is 18.9. The molecule has 28 heavy (non-hydrogen) atoms. The van der Waals surface area contributed by atoms with Crippen molar-refractivity contribution in [2.75, 3.05) is 32.4 Å². The van der Waals surface area contributed by atoms with E-state index in [1.807, 2.05) is 13.0 Å². The van der Waals surface area contributed by atoms with Gasteiger partial charge in [-0.2, -0.15) is 4.31 Å². The van der Waals surface area contributed by atoms with E-state index in [1.165, 1.54) is 10.6 Å². The molecule has 2 aliphatic rings. The first-order chi connectivity index (χ1) is 13.3. The molecule has 2 amide bonds. The van der Waals surface area contributed by atoms with Crippen molar-refractivity contribution < 1.29 is 18.0 Å². The van der Waals surface area contributed by atoms with E-state index in [4.69, 9.17) is 0 Å². The molecule has 4 rings (SSSR count). The standard InChI is InChI=1S/C18H23N5O4S/c1-3-14(18(25)21-6-8-22(9-7-21)28(2,26)27)23-11-12-4-5-19-16-15(12)13(10-20-16)17(23)24/h4-5,10,14H,3,6-9,11H2,1-2H3,(H,19,20)/t14-/m1/s1. The lowest BCUT2D eigenvalue weighted by molar-refractivity contribution is -0.137. The fraction of sp³-hybridized carbons (Fsp3) is 0.500. The molecule has 0 aliphatic carbocycles. The molecule has 1 saturated heterocycles. The Morgan fingerprint density at radius 1 is 1.29 bits per heavy atom. The Kier molecular flexibility index (Phi) is 4.62. The summed E-state index contributed by atoms with van der Waals surface area (Å²) in [7, 11) is -3.26. The molecular formula is C18H23N5O4S. The van der Waals surface area contributed by atoms with Crippen LogP contribution in [0.4, 0.5) is 0 Å². The average molecular weight is 405 g/mol. The van der Waals surface area contributed by atoms with Crippen LogP contribution in [0.2, 0.25) is 0 Å². The van der Waals surface area contributed by atoms with Gasteiger partial charge in [-0.25, -0.2) is 13.4 Å². The Morgan fingerprint density at radius 2 is 2.00 bits per heavy atom. The van der Waals surface area contributed by atoms with Crippen molar-refractivity contribution in [3.05, 3.63) is 29.6 Å². The molecule has 1 fully saturated rings. The van der Waals surface area contributed by atoms with Crippen LogP contribution in [-0.4, -0.2) is 82.8 Å². The molecule has 10 heteroatoms. The number of nitrogens with one attached hydrogen (secondary N) is 1. The number of piperazine rings is 1. The molecule has 1 atom stereocenters. The van der Waals surface area contributed by atoms with Gasteiger partial charge >= 0.3 is 0 Å². The number of H-pyrrole nitrogens is 1. The first-order valence-corrected chi connectivity index (χ1v) is 11.2. The molecule has 2 aromatic heterocycles. The monoisotopic (exact) mass is 405 g/mol. The molecule has 0 bridgehead atoms. The molecule has 2 aromatic rings. The molecule has 1 N–H and O–H groups in total. The number of pyridine rings is 1. The Bertz CT molecular complexity index is 1040. The number of sulfonamides is 1. The predicted molar refractivity (Wildman–Crippen MR) is 103 cm³/mol. The van der Waals surface area contributed by atoms with E-state index < -0.39 is 16.1 Å². The van der Waals surface area contributed by atoms with Gasteiger partial charge in [0.25, 0.3) is 5.91 Å². The predicted octanol–water partition coefficient (Wildman–Crippen LogP) is 0.401. The number of rotatable bonds is 4. The summed E-state index contributed by atoms with van der Waals surface area (Å²) in [4.78, 5) is 36.8. The lowest BCUT2D eigenvalue weighted by atomic mass is 9.99. The SMILES string of the molecule is CC[C@H](C(=O)N1CCN(S(C)(=O)=O)CC1)N1Cc2ccnc3[nH]cc(c23)C1=O. The summed E-state index contributed by atoms with van der Waals surface area (Å²) >= 11 is 0. The normalized spacial score (nSPS) is 19.3. The zero-order valence-electron chi connectivity index (χ0n) is 15.9. The molecule has 4 heterocycles. The molecular weight excluding hydrogens is 382 g/mol. The first-order valence-electron chi connectivity index (χ1n) is 9.31. The molecule has 150 valence electrons. The lowest BCUT2D eigenvalue weighted by Crippen LogP contribution is -2.56. The molecule has 0 radical (unpaired) electrons. The molecule has 0 aromatic carbocycles. The second-order valence-corrected chi connectivity index (χ2v) is 9.22. The van der Waals surface area contributed by atoms with E-state index in [0.29, 0.717) is 37.3 Å². The topological polar surface area (TPSA) is 107 Å². The highest BCUT2D eigenvalue weighted by atomic mass is 32.2. The van der Waals surface area contributed by atoms with Crippen molar-refractivity contribution in [1.29, 1.82) is 0 Å². The van der Waals surface area contributed by atoms with Gasteiger partial charge in [0, 0.05) is 50.5 Å². The highest BCUT2D eigenvalue weighted by molar-refractivity contribution is 7.88. The quantitative estimate of drug-likeness (QED) is 0.793. The third-order valence-corrected chi connectivity index (χ3v) is 6.86. The van der Waals surface area contributed by atoms with E-state index in [2.05, 4.69) is 9.97 Å². The number of carbonyl (C=O) groups excluding carboxylic acids is 2. The summed E-state index contributed by atoms with van der Waals surface area (Å²) in [5.41, 5.74) is 2.18. The van der Waals surface area contributed by atoms with Crippen LogP contribution in [0.15, 0.2) is 18.5 Å². The van der Waals surface area contributed by atoms with Gasteiger partial charge in [-0.3, -0.25) is 9.59 Å². The van der Waals surface area contributed by atoms with E-state index in [1.54, 1.807) is 22.2 Å². The van der Waals surface area contributed by atoms with Gasteiger partial charge in [0.15, 0.2) is 0 Å². The summed E-state index contributed by atoms with van der Waals surface area (Å²) in [5, 5.41) is 0.827. The second kappa shape index (κ2) is 6.85. The van der Waals surface area contributed by atoms with E-state index in [0.717, 1.165) is 10.9 Å². The highest BCUT2D eigenvalue weighted by Crippen LogP contribution is 2.30. The van der Waals surface area contributed by atoms with Gasteiger partial charge in [-0.15, -0.1) is 0 Å². The van der Waals surface area contributed by atoms with Crippen molar-refractivity contribution in [3.8, 4) is 0 Å². The summed E-state index contributed by atoms with van der Waals surface area (Å²) in [6.45, 7) is 3.47. The summed E-state index contributed by atoms with van der Waals surface area (Å²) in [5.74, 6) is -0.310. The number of hydrogen-bond acceptors (Lipinski definition) is 5. The average Bonchev–Trinajstić information content (AvgIpc) is 3.11. The van der Waals surface area contributed by atoms with Gasteiger partial charge in [0.05, 0.1) is 11.8 Å². The van der Waals surface area contributed by atoms with Crippen molar-refractivity contribution >= 4 is 32.9 Å². The van der Waals surface area contributed by atoms with Crippen molar-refractivity contribution in [2.24, 2.45) is 0 Å². The maximum Gasteiger partial charge on any atom is 0.257 e. The smallest absolute Gasteiger partial charge is 0.257 e. The highest BCUT2D eigenvalue weighted by Gasteiger charge is 2.37. The molecule has 2 aliphatic heterocycles. The van der Waals surface area contributed by atoms with Crippen LogP contribution in [0.1, 0.15) is 29.3 Å². The van der Waals surface area contributed by atoms with Gasteiger partial charge < -0.3 is 14.8 Å². The van der Waals surface area contributed by atoms with Crippen LogP contribution in [0.3, 0.4) is 0 Å². The molecule has 9 nitrogen and oxygen atoms in total. The Balaban J connectivity index is 1.55. The summed E-state index contributed by atoms with van der Waals surface area (Å²) in [6, 6.07) is 1.30. The number of nitrogens with zero attached hydrogens (tertiary/aromatic N) is 4. The fourth-order valence-corrected chi connectivity index (χ4v) is 4.89. The van der Waals surface area contributed by atoms with E-state index >= 15 is 0 Å². The number of carbonyl (C=O) groups is 2. The van der Waals surface area contributed by atoms with Crippen LogP contribution in [0.5, 0.6) is 0 Å². The van der Waals surface area contributed by atoms with Crippen LogP contribution >= 0.6 is 0 Å². The molecule has 0 unspecified atom stereocenters. The third-order valence-electron chi connectivity index (χ3n) is 5.56. The minimum absolute atomic E-state index is 0.131. The number of aromatic nitrogens is 2. The lowest BCUT2D eigenvalue weighted by Gasteiger charge is -2.39. The molecule has 0 spiro atoms. The molecule has 0 saturated carbocycles. The maximum absolute atomic E-state index is 13.2. The number of hydrogen-bond donors (Lipinski definition) is 1. The van der Waals surface area contributed by atoms with Gasteiger partial charge in [0.1, 0.15) is 11.7 Å². The maximum atomic E-state index is 13.2. The Hall–Kier alpha value is -2.46. The number of aromatic amines is 1. The van der Waals surface area contributed by atoms with Crippen LogP contribution in [-0.2, 0) is 21.4 Å². The third kappa shape index (κ3) is 3.06. The van der Waals surface area contributed by atoms with Crippen LogP contribution < -0.4 is 0 Å². The van der Waals surface area contributed by atoms with Gasteiger partial charge in [-0.05, 0) is 18.1 Å². The summed E-state index contributed by atoms with van der Waals surface area (Å²) < 4.78 is 24.8.